The van der Waals surface area contributed by atoms with Crippen molar-refractivity contribution < 1.29 is 0 Å². The van der Waals surface area contributed by atoms with Crippen LogP contribution in [0.4, 0.5) is 0 Å². The summed E-state index contributed by atoms with van der Waals surface area (Å²) in [6.07, 6.45) is 4.72. The first-order valence-corrected chi connectivity index (χ1v) is 5.69. The molecule has 0 spiro atoms. The molecule has 0 saturated heterocycles. The van der Waals surface area contributed by atoms with Crippen molar-refractivity contribution in [3.05, 3.63) is 63.9 Å². The van der Waals surface area contributed by atoms with E-state index in [1.807, 2.05) is 18.5 Å². The molecule has 0 radical (unpaired) electrons. The van der Waals surface area contributed by atoms with Gasteiger partial charge in [-0.05, 0) is 46.0 Å². The van der Waals surface area contributed by atoms with Crippen LogP contribution in [0.3, 0.4) is 0 Å². The van der Waals surface area contributed by atoms with E-state index in [-0.39, 0.29) is 0 Å². The van der Waals surface area contributed by atoms with E-state index in [0.29, 0.717) is 0 Å². The lowest BCUT2D eigenvalue weighted by atomic mass is 10.0. The van der Waals surface area contributed by atoms with Crippen molar-refractivity contribution in [2.24, 2.45) is 0 Å². The number of pyridine rings is 1. The smallest absolute Gasteiger partial charge is 0.0413 e. The topological polar surface area (TPSA) is 12.9 Å². The Hall–Kier alpha value is -1.15. The number of hydrogen-bond acceptors (Lipinski definition) is 1. The van der Waals surface area contributed by atoms with Gasteiger partial charge in [-0.1, -0.05) is 30.3 Å². The Balaban J connectivity index is 2.29. The number of benzene rings is 1. The lowest BCUT2D eigenvalue weighted by Gasteiger charge is -2.06. The average Bonchev–Trinajstić information content (AvgIpc) is 2.26. The lowest BCUT2D eigenvalue weighted by molar-refractivity contribution is 1.10. The van der Waals surface area contributed by atoms with Crippen molar-refractivity contribution in [3.8, 4) is 0 Å². The highest BCUT2D eigenvalue weighted by Crippen LogP contribution is 2.20. The zero-order chi connectivity index (χ0) is 10.7. The third kappa shape index (κ3) is 2.45. The van der Waals surface area contributed by atoms with Gasteiger partial charge in [0.25, 0.3) is 0 Å². The monoisotopic (exact) mass is 261 g/mol. The van der Waals surface area contributed by atoms with Gasteiger partial charge >= 0.3 is 0 Å². The second-order valence-corrected chi connectivity index (χ2v) is 4.42. The Morgan fingerprint density at radius 3 is 2.60 bits per heavy atom. The van der Waals surface area contributed by atoms with Crippen LogP contribution >= 0.6 is 15.9 Å². The predicted molar refractivity (Wildman–Crippen MR) is 65.9 cm³/mol. The Labute approximate surface area is 98.3 Å². The molecule has 1 nitrogen and oxygen atoms in total. The maximum atomic E-state index is 4.19. The quantitative estimate of drug-likeness (QED) is 0.803. The molecule has 0 atom stereocenters. The highest BCUT2D eigenvalue weighted by molar-refractivity contribution is 9.10. The van der Waals surface area contributed by atoms with E-state index in [2.05, 4.69) is 52.1 Å². The Morgan fingerprint density at radius 2 is 1.87 bits per heavy atom. The normalized spacial score (nSPS) is 10.3. The number of aromatic nitrogens is 1. The van der Waals surface area contributed by atoms with Gasteiger partial charge in [-0.15, -0.1) is 0 Å². The fourth-order valence-electron chi connectivity index (χ4n) is 1.53. The molecule has 15 heavy (non-hydrogen) atoms. The number of rotatable bonds is 2. The zero-order valence-corrected chi connectivity index (χ0v) is 10.2. The van der Waals surface area contributed by atoms with E-state index >= 15 is 0 Å². The van der Waals surface area contributed by atoms with Crippen molar-refractivity contribution in [2.45, 2.75) is 13.3 Å². The molecule has 76 valence electrons. The number of hydrogen-bond donors (Lipinski definition) is 0. The molecule has 0 aliphatic heterocycles. The lowest BCUT2D eigenvalue weighted by Crippen LogP contribution is -1.93. The summed E-state index contributed by atoms with van der Waals surface area (Å²) in [6.45, 7) is 2.12. The van der Waals surface area contributed by atoms with Crippen molar-refractivity contribution in [2.75, 3.05) is 0 Å². The van der Waals surface area contributed by atoms with Gasteiger partial charge in [0.2, 0.25) is 0 Å². The van der Waals surface area contributed by atoms with Crippen LogP contribution in [0, 0.1) is 6.92 Å². The molecule has 0 fully saturated rings. The minimum atomic E-state index is 0.944. The van der Waals surface area contributed by atoms with Crippen LogP contribution in [0.15, 0.2) is 47.2 Å². The van der Waals surface area contributed by atoms with Crippen LogP contribution in [0.1, 0.15) is 16.7 Å². The molecule has 1 aromatic carbocycles. The molecular formula is C13H12BrN. The van der Waals surface area contributed by atoms with Gasteiger partial charge in [-0.3, -0.25) is 4.98 Å². The van der Waals surface area contributed by atoms with Crippen molar-refractivity contribution in [1.82, 2.24) is 4.98 Å². The standard InChI is InChI=1S/C13H12BrN/c1-10-12(8-15-9-13(10)14)7-11-5-3-2-4-6-11/h2-6,8-9H,7H2,1H3. The molecule has 0 aliphatic carbocycles. The molecule has 0 saturated carbocycles. The summed E-state index contributed by atoms with van der Waals surface area (Å²) < 4.78 is 1.08. The van der Waals surface area contributed by atoms with Gasteiger partial charge in [0, 0.05) is 16.9 Å². The molecule has 1 aromatic heterocycles. The largest absolute Gasteiger partial charge is 0.263 e. The van der Waals surface area contributed by atoms with Crippen molar-refractivity contribution >= 4 is 15.9 Å². The summed E-state index contributed by atoms with van der Waals surface area (Å²) in [5, 5.41) is 0. The van der Waals surface area contributed by atoms with Crippen LogP contribution in [0.5, 0.6) is 0 Å². The number of halogens is 1. The maximum absolute atomic E-state index is 4.19. The molecule has 0 unspecified atom stereocenters. The molecule has 0 amide bonds. The van der Waals surface area contributed by atoms with Gasteiger partial charge in [0.1, 0.15) is 0 Å². The van der Waals surface area contributed by atoms with Gasteiger partial charge in [-0.25, -0.2) is 0 Å². The molecule has 2 rings (SSSR count). The van der Waals surface area contributed by atoms with Crippen molar-refractivity contribution in [1.29, 1.82) is 0 Å². The van der Waals surface area contributed by atoms with E-state index in [1.54, 1.807) is 0 Å². The summed E-state index contributed by atoms with van der Waals surface area (Å²) in [7, 11) is 0. The Kier molecular flexibility index (Phi) is 3.17. The van der Waals surface area contributed by atoms with Crippen LogP contribution in [0.25, 0.3) is 0 Å². The predicted octanol–water partition coefficient (Wildman–Crippen LogP) is 3.74. The fraction of sp³-hybridized carbons (Fsp3) is 0.154. The van der Waals surface area contributed by atoms with Gasteiger partial charge in [0.05, 0.1) is 0 Å². The Bertz CT molecular complexity index is 451. The highest BCUT2D eigenvalue weighted by atomic mass is 79.9. The van der Waals surface area contributed by atoms with Gasteiger partial charge < -0.3 is 0 Å². The average molecular weight is 262 g/mol. The van der Waals surface area contributed by atoms with E-state index < -0.39 is 0 Å². The third-order valence-corrected chi connectivity index (χ3v) is 3.30. The van der Waals surface area contributed by atoms with E-state index in [9.17, 15) is 0 Å². The third-order valence-electron chi connectivity index (χ3n) is 2.50. The summed E-state index contributed by atoms with van der Waals surface area (Å²) in [5.41, 5.74) is 3.87. The summed E-state index contributed by atoms with van der Waals surface area (Å²) in [5.74, 6) is 0. The first-order chi connectivity index (χ1) is 7.27. The molecule has 0 bridgehead atoms. The van der Waals surface area contributed by atoms with Crippen LogP contribution < -0.4 is 0 Å². The van der Waals surface area contributed by atoms with Crippen molar-refractivity contribution in [3.63, 3.8) is 0 Å². The second-order valence-electron chi connectivity index (χ2n) is 3.57. The molecule has 1 heterocycles. The summed E-state index contributed by atoms with van der Waals surface area (Å²) in [6, 6.07) is 10.4. The van der Waals surface area contributed by atoms with Gasteiger partial charge in [0.15, 0.2) is 0 Å². The minimum Gasteiger partial charge on any atom is -0.263 e. The number of nitrogens with zero attached hydrogens (tertiary/aromatic N) is 1. The summed E-state index contributed by atoms with van der Waals surface area (Å²) >= 11 is 3.50. The van der Waals surface area contributed by atoms with E-state index in [1.165, 1.54) is 16.7 Å². The molecule has 0 aliphatic rings. The molecular weight excluding hydrogens is 250 g/mol. The Morgan fingerprint density at radius 1 is 1.13 bits per heavy atom. The van der Waals surface area contributed by atoms with Crippen LogP contribution in [-0.4, -0.2) is 4.98 Å². The molecule has 2 heteroatoms. The summed E-state index contributed by atoms with van der Waals surface area (Å²) in [4.78, 5) is 4.19. The highest BCUT2D eigenvalue weighted by Gasteiger charge is 2.03. The van der Waals surface area contributed by atoms with Crippen LogP contribution in [-0.2, 0) is 6.42 Å². The van der Waals surface area contributed by atoms with Crippen LogP contribution in [0.2, 0.25) is 0 Å². The zero-order valence-electron chi connectivity index (χ0n) is 8.57. The fourth-order valence-corrected chi connectivity index (χ4v) is 1.91. The van der Waals surface area contributed by atoms with E-state index in [4.69, 9.17) is 0 Å². The first-order valence-electron chi connectivity index (χ1n) is 4.90. The van der Waals surface area contributed by atoms with E-state index in [0.717, 1.165) is 10.9 Å². The minimum absolute atomic E-state index is 0.944. The second kappa shape index (κ2) is 4.58. The van der Waals surface area contributed by atoms with Gasteiger partial charge in [-0.2, -0.15) is 0 Å². The molecule has 0 N–H and O–H groups in total. The first kappa shape index (κ1) is 10.4. The maximum Gasteiger partial charge on any atom is 0.0413 e. The molecule has 2 aromatic rings. The SMILES string of the molecule is Cc1c(Br)cncc1Cc1ccccc1.